The molecule has 0 aromatic heterocycles. The molecule has 0 aliphatic carbocycles. The Labute approximate surface area is 203 Å². The van der Waals surface area contributed by atoms with Crippen LogP contribution >= 0.6 is 0 Å². The van der Waals surface area contributed by atoms with Crippen molar-refractivity contribution in [2.24, 2.45) is 5.92 Å². The molecule has 1 heterocycles. The summed E-state index contributed by atoms with van der Waals surface area (Å²) in [5, 5.41) is 1.98. The van der Waals surface area contributed by atoms with E-state index in [1.807, 2.05) is 5.32 Å². The van der Waals surface area contributed by atoms with E-state index < -0.39 is 36.5 Å². The Morgan fingerprint density at radius 2 is 1.54 bits per heavy atom. The first kappa shape index (κ1) is 25.5. The van der Waals surface area contributed by atoms with Gasteiger partial charge in [0, 0.05) is 12.1 Å². The first-order chi connectivity index (χ1) is 16.9. The van der Waals surface area contributed by atoms with Crippen molar-refractivity contribution in [1.82, 2.24) is 5.32 Å². The highest BCUT2D eigenvalue weighted by Crippen LogP contribution is 2.41. The summed E-state index contributed by atoms with van der Waals surface area (Å²) in [5.74, 6) is -1.12. The van der Waals surface area contributed by atoms with Crippen LogP contribution in [0.2, 0.25) is 0 Å². The number of imide groups is 1. The standard InChI is InChI=1S/C25H28N2O8/c1-4-34-25(31)26-21(28)15-35-24(30)20-13-14-22(29)27(17-7-11-19(33-3)12-8-17)23(20)16-5-9-18(32-2)10-6-16/h5-12,20,23H,4,13-15H2,1-3H3,(H,26,28,31). The number of benzene rings is 2. The van der Waals surface area contributed by atoms with Gasteiger partial charge < -0.3 is 23.8 Å². The molecule has 3 amide bonds. The minimum absolute atomic E-state index is 0.0970. The first-order valence-corrected chi connectivity index (χ1v) is 11.1. The second-order valence-corrected chi connectivity index (χ2v) is 7.70. The Bertz CT molecular complexity index is 1050. The lowest BCUT2D eigenvalue weighted by Crippen LogP contribution is -2.46. The number of methoxy groups -OCH3 is 2. The number of hydrogen-bond donors (Lipinski definition) is 1. The van der Waals surface area contributed by atoms with Crippen LogP contribution in [0.4, 0.5) is 10.5 Å². The van der Waals surface area contributed by atoms with E-state index in [2.05, 4.69) is 4.74 Å². The second kappa shape index (κ2) is 11.9. The van der Waals surface area contributed by atoms with E-state index in [1.54, 1.807) is 74.6 Å². The van der Waals surface area contributed by atoms with E-state index in [1.165, 1.54) is 0 Å². The first-order valence-electron chi connectivity index (χ1n) is 11.1. The van der Waals surface area contributed by atoms with Crippen LogP contribution in [0.3, 0.4) is 0 Å². The molecule has 1 aliphatic heterocycles. The summed E-state index contributed by atoms with van der Waals surface area (Å²) >= 11 is 0. The molecule has 1 aliphatic rings. The average Bonchev–Trinajstić information content (AvgIpc) is 2.87. The number of hydrogen-bond acceptors (Lipinski definition) is 8. The fraction of sp³-hybridized carbons (Fsp3) is 0.360. The zero-order valence-electron chi connectivity index (χ0n) is 19.8. The predicted molar refractivity (Wildman–Crippen MR) is 125 cm³/mol. The number of rotatable bonds is 8. The monoisotopic (exact) mass is 484 g/mol. The molecule has 186 valence electrons. The number of alkyl carbamates (subject to hydrolysis) is 1. The van der Waals surface area contributed by atoms with Crippen LogP contribution in [0.1, 0.15) is 31.4 Å². The quantitative estimate of drug-likeness (QED) is 0.568. The number of carbonyl (C=O) groups excluding carboxylic acids is 4. The van der Waals surface area contributed by atoms with Gasteiger partial charge >= 0.3 is 12.1 Å². The van der Waals surface area contributed by atoms with E-state index in [0.29, 0.717) is 22.7 Å². The Hall–Kier alpha value is -4.08. The largest absolute Gasteiger partial charge is 0.497 e. The highest BCUT2D eigenvalue weighted by Gasteiger charge is 2.42. The molecule has 2 unspecified atom stereocenters. The number of piperidine rings is 1. The summed E-state index contributed by atoms with van der Waals surface area (Å²) in [6, 6.07) is 13.3. The minimum Gasteiger partial charge on any atom is -0.497 e. The second-order valence-electron chi connectivity index (χ2n) is 7.70. The van der Waals surface area contributed by atoms with Crippen molar-refractivity contribution in [1.29, 1.82) is 0 Å². The molecule has 1 N–H and O–H groups in total. The van der Waals surface area contributed by atoms with Gasteiger partial charge in [-0.2, -0.15) is 0 Å². The molecule has 10 nitrogen and oxygen atoms in total. The van der Waals surface area contributed by atoms with Gasteiger partial charge in [-0.1, -0.05) is 12.1 Å². The van der Waals surface area contributed by atoms with Crippen molar-refractivity contribution in [3.8, 4) is 11.5 Å². The number of nitrogens with one attached hydrogen (secondary N) is 1. The molecule has 3 rings (SSSR count). The van der Waals surface area contributed by atoms with Crippen LogP contribution in [-0.4, -0.2) is 51.3 Å². The van der Waals surface area contributed by atoms with Gasteiger partial charge in [0.05, 0.1) is 32.8 Å². The zero-order chi connectivity index (χ0) is 25.4. The molecule has 35 heavy (non-hydrogen) atoms. The third kappa shape index (κ3) is 6.28. The SMILES string of the molecule is CCOC(=O)NC(=O)COC(=O)C1CCC(=O)N(c2ccc(OC)cc2)C1c1ccc(OC)cc1. The van der Waals surface area contributed by atoms with E-state index in [0.717, 1.165) is 0 Å². The fourth-order valence-corrected chi connectivity index (χ4v) is 3.93. The highest BCUT2D eigenvalue weighted by molar-refractivity contribution is 5.97. The number of nitrogens with zero attached hydrogens (tertiary/aromatic N) is 1. The van der Waals surface area contributed by atoms with Crippen LogP contribution in [-0.2, 0) is 23.9 Å². The molecule has 2 atom stereocenters. The summed E-state index contributed by atoms with van der Waals surface area (Å²) in [5.41, 5.74) is 1.29. The minimum atomic E-state index is -0.918. The average molecular weight is 485 g/mol. The maximum Gasteiger partial charge on any atom is 0.413 e. The maximum atomic E-state index is 13.1. The van der Waals surface area contributed by atoms with Crippen molar-refractivity contribution in [3.05, 3.63) is 54.1 Å². The van der Waals surface area contributed by atoms with Crippen molar-refractivity contribution >= 4 is 29.6 Å². The summed E-state index contributed by atoms with van der Waals surface area (Å²) in [7, 11) is 3.09. The topological polar surface area (TPSA) is 120 Å². The molecule has 2 aromatic rings. The molecule has 1 fully saturated rings. The number of esters is 1. The summed E-state index contributed by atoms with van der Waals surface area (Å²) in [4.78, 5) is 51.1. The van der Waals surface area contributed by atoms with Crippen LogP contribution < -0.4 is 19.7 Å². The lowest BCUT2D eigenvalue weighted by Gasteiger charge is -2.40. The molecular weight excluding hydrogens is 456 g/mol. The van der Waals surface area contributed by atoms with Crippen molar-refractivity contribution < 1.29 is 38.1 Å². The summed E-state index contributed by atoms with van der Waals surface area (Å²) in [6.45, 7) is 1.04. The molecule has 0 saturated carbocycles. The number of amides is 3. The number of anilines is 1. The third-order valence-electron chi connectivity index (χ3n) is 5.57. The Kier molecular flexibility index (Phi) is 8.66. The number of ether oxygens (including phenoxy) is 4. The summed E-state index contributed by atoms with van der Waals surface area (Å²) in [6.07, 6.45) is -0.563. The predicted octanol–water partition coefficient (Wildman–Crippen LogP) is 3.00. The van der Waals surface area contributed by atoms with Gasteiger partial charge in [0.15, 0.2) is 6.61 Å². The molecule has 0 radical (unpaired) electrons. The van der Waals surface area contributed by atoms with Crippen LogP contribution in [0, 0.1) is 5.92 Å². The van der Waals surface area contributed by atoms with Gasteiger partial charge in [0.1, 0.15) is 11.5 Å². The molecule has 1 saturated heterocycles. The van der Waals surface area contributed by atoms with E-state index >= 15 is 0 Å². The number of carbonyl (C=O) groups is 4. The highest BCUT2D eigenvalue weighted by atomic mass is 16.6. The lowest BCUT2D eigenvalue weighted by atomic mass is 9.83. The lowest BCUT2D eigenvalue weighted by molar-refractivity contribution is -0.154. The Morgan fingerprint density at radius 1 is 0.943 bits per heavy atom. The van der Waals surface area contributed by atoms with E-state index in [-0.39, 0.29) is 25.4 Å². The van der Waals surface area contributed by atoms with Crippen LogP contribution in [0.15, 0.2) is 48.5 Å². The molecule has 0 bridgehead atoms. The zero-order valence-corrected chi connectivity index (χ0v) is 19.8. The van der Waals surface area contributed by atoms with Crippen LogP contribution in [0.25, 0.3) is 0 Å². The molecular formula is C25H28N2O8. The van der Waals surface area contributed by atoms with E-state index in [4.69, 9.17) is 14.2 Å². The molecule has 0 spiro atoms. The smallest absolute Gasteiger partial charge is 0.413 e. The molecule has 2 aromatic carbocycles. The maximum absolute atomic E-state index is 13.1. The van der Waals surface area contributed by atoms with Crippen molar-refractivity contribution in [2.45, 2.75) is 25.8 Å². The van der Waals surface area contributed by atoms with Crippen LogP contribution in [0.5, 0.6) is 11.5 Å². The van der Waals surface area contributed by atoms with Gasteiger partial charge in [-0.25, -0.2) is 4.79 Å². The Morgan fingerprint density at radius 3 is 2.11 bits per heavy atom. The van der Waals surface area contributed by atoms with Crippen molar-refractivity contribution in [3.63, 3.8) is 0 Å². The summed E-state index contributed by atoms with van der Waals surface area (Å²) < 4.78 is 20.3. The molecule has 10 heteroatoms. The third-order valence-corrected chi connectivity index (χ3v) is 5.57. The Balaban J connectivity index is 1.87. The van der Waals surface area contributed by atoms with Crippen molar-refractivity contribution in [2.75, 3.05) is 32.3 Å². The fourth-order valence-electron chi connectivity index (χ4n) is 3.93. The van der Waals surface area contributed by atoms with Gasteiger partial charge in [-0.05, 0) is 55.3 Å². The normalized spacial score (nSPS) is 17.3. The van der Waals surface area contributed by atoms with Gasteiger partial charge in [-0.3, -0.25) is 19.7 Å². The van der Waals surface area contributed by atoms with Gasteiger partial charge in [0.2, 0.25) is 5.91 Å². The van der Waals surface area contributed by atoms with E-state index in [9.17, 15) is 19.2 Å². The van der Waals surface area contributed by atoms with Gasteiger partial charge in [-0.15, -0.1) is 0 Å². The van der Waals surface area contributed by atoms with Gasteiger partial charge in [0.25, 0.3) is 5.91 Å².